The number of oxazole rings is 1. The van der Waals surface area contributed by atoms with E-state index in [1.807, 2.05) is 22.9 Å². The molecule has 28 heavy (non-hydrogen) atoms. The van der Waals surface area contributed by atoms with E-state index in [1.165, 1.54) is 35.2 Å². The number of rotatable bonds is 6. The van der Waals surface area contributed by atoms with Gasteiger partial charge in [-0.15, -0.1) is 22.7 Å². The largest absolute Gasteiger partial charge is 0.479 e. The summed E-state index contributed by atoms with van der Waals surface area (Å²) in [6.45, 7) is 2.01. The first-order valence-corrected chi connectivity index (χ1v) is 10.0. The topological polar surface area (TPSA) is 98.1 Å². The third-order valence-corrected chi connectivity index (χ3v) is 5.50. The highest BCUT2D eigenvalue weighted by atomic mass is 32.1. The number of aromatic nitrogens is 1. The highest BCUT2D eigenvalue weighted by Gasteiger charge is 2.22. The fraction of sp³-hybridized carbons (Fsp3) is 0.105. The maximum Gasteiger partial charge on any atom is 0.341 e. The molecule has 0 atom stereocenters. The van der Waals surface area contributed by atoms with E-state index >= 15 is 0 Å². The van der Waals surface area contributed by atoms with Gasteiger partial charge in [0.05, 0.1) is 19.1 Å². The SMILES string of the molecule is CCOC(=O)c1c(-c2cccs2)csc1N=Cc1nc(-c2ccco2)oc1O. The Balaban J connectivity index is 1.69. The van der Waals surface area contributed by atoms with Crippen LogP contribution in [0.3, 0.4) is 0 Å². The summed E-state index contributed by atoms with van der Waals surface area (Å²) in [4.78, 5) is 22.0. The van der Waals surface area contributed by atoms with E-state index in [0.717, 1.165) is 10.4 Å². The fourth-order valence-electron chi connectivity index (χ4n) is 2.49. The van der Waals surface area contributed by atoms with Crippen LogP contribution < -0.4 is 0 Å². The number of esters is 1. The summed E-state index contributed by atoms with van der Waals surface area (Å²) >= 11 is 2.83. The summed E-state index contributed by atoms with van der Waals surface area (Å²) in [6.07, 6.45) is 2.83. The molecule has 0 saturated carbocycles. The average molecular weight is 414 g/mol. The summed E-state index contributed by atoms with van der Waals surface area (Å²) in [7, 11) is 0. The Morgan fingerprint density at radius 2 is 2.25 bits per heavy atom. The Morgan fingerprint density at radius 1 is 1.36 bits per heavy atom. The van der Waals surface area contributed by atoms with Crippen LogP contribution in [0.2, 0.25) is 0 Å². The molecular weight excluding hydrogens is 400 g/mol. The van der Waals surface area contributed by atoms with Gasteiger partial charge in [-0.2, -0.15) is 0 Å². The zero-order valence-electron chi connectivity index (χ0n) is 14.6. The Morgan fingerprint density at radius 3 is 2.96 bits per heavy atom. The van der Waals surface area contributed by atoms with Gasteiger partial charge in [0.2, 0.25) is 0 Å². The zero-order chi connectivity index (χ0) is 19.5. The maximum atomic E-state index is 12.5. The van der Waals surface area contributed by atoms with Crippen LogP contribution in [-0.4, -0.2) is 28.9 Å². The van der Waals surface area contributed by atoms with E-state index in [2.05, 4.69) is 9.98 Å². The molecule has 4 aromatic heterocycles. The third kappa shape index (κ3) is 3.49. The van der Waals surface area contributed by atoms with Crippen LogP contribution in [0.1, 0.15) is 23.0 Å². The van der Waals surface area contributed by atoms with Crippen LogP contribution in [0.25, 0.3) is 22.1 Å². The molecule has 4 heterocycles. The molecule has 4 rings (SSSR count). The van der Waals surface area contributed by atoms with E-state index < -0.39 is 5.97 Å². The van der Waals surface area contributed by atoms with Crippen molar-refractivity contribution >= 4 is 39.9 Å². The second-order valence-corrected chi connectivity index (χ2v) is 7.28. The number of furan rings is 1. The molecular formula is C19H14N2O5S2. The van der Waals surface area contributed by atoms with Crippen LogP contribution in [0.15, 0.2) is 55.1 Å². The second-order valence-electron chi connectivity index (χ2n) is 5.47. The van der Waals surface area contributed by atoms with Crippen molar-refractivity contribution in [2.45, 2.75) is 6.92 Å². The smallest absolute Gasteiger partial charge is 0.341 e. The van der Waals surface area contributed by atoms with Crippen molar-refractivity contribution in [1.29, 1.82) is 0 Å². The number of aliphatic imine (C=N–C) groups is 1. The van der Waals surface area contributed by atoms with Gasteiger partial charge in [-0.05, 0) is 30.5 Å². The Hall–Kier alpha value is -3.17. The minimum absolute atomic E-state index is 0.132. The Kier molecular flexibility index (Phi) is 5.09. The highest BCUT2D eigenvalue weighted by Crippen LogP contribution is 2.40. The summed E-state index contributed by atoms with van der Waals surface area (Å²) in [5.74, 6) is -0.305. The van der Waals surface area contributed by atoms with Crippen LogP contribution in [0.4, 0.5) is 5.00 Å². The molecule has 142 valence electrons. The van der Waals surface area contributed by atoms with Crippen molar-refractivity contribution in [3.05, 3.63) is 52.5 Å². The van der Waals surface area contributed by atoms with Crippen molar-refractivity contribution in [2.75, 3.05) is 6.61 Å². The highest BCUT2D eigenvalue weighted by molar-refractivity contribution is 7.16. The molecule has 0 fully saturated rings. The maximum absolute atomic E-state index is 12.5. The molecule has 0 aliphatic carbocycles. The molecule has 0 spiro atoms. The normalized spacial score (nSPS) is 11.3. The lowest BCUT2D eigenvalue weighted by atomic mass is 10.1. The van der Waals surface area contributed by atoms with Gasteiger partial charge >= 0.3 is 11.9 Å². The van der Waals surface area contributed by atoms with Crippen LogP contribution in [0, 0.1) is 0 Å². The minimum Gasteiger partial charge on any atom is -0.479 e. The molecule has 9 heteroatoms. The molecule has 0 aliphatic rings. The van der Waals surface area contributed by atoms with Gasteiger partial charge in [0.1, 0.15) is 10.6 Å². The molecule has 0 amide bonds. The number of hydrogen-bond acceptors (Lipinski definition) is 9. The first-order valence-electron chi connectivity index (χ1n) is 8.27. The summed E-state index contributed by atoms with van der Waals surface area (Å²) < 4.78 is 15.6. The second kappa shape index (κ2) is 7.83. The Bertz CT molecular complexity index is 1110. The fourth-order valence-corrected chi connectivity index (χ4v) is 4.21. The van der Waals surface area contributed by atoms with E-state index in [0.29, 0.717) is 16.3 Å². The predicted octanol–water partition coefficient (Wildman–Crippen LogP) is 5.36. The summed E-state index contributed by atoms with van der Waals surface area (Å²) in [5.41, 5.74) is 1.29. The lowest BCUT2D eigenvalue weighted by Crippen LogP contribution is -2.04. The number of nitrogens with zero attached hydrogens (tertiary/aromatic N) is 2. The van der Waals surface area contributed by atoms with Gasteiger partial charge in [0, 0.05) is 15.8 Å². The van der Waals surface area contributed by atoms with Crippen LogP contribution >= 0.6 is 22.7 Å². The predicted molar refractivity (Wildman–Crippen MR) is 107 cm³/mol. The van der Waals surface area contributed by atoms with Gasteiger partial charge in [-0.3, -0.25) is 0 Å². The molecule has 0 saturated heterocycles. The third-order valence-electron chi connectivity index (χ3n) is 3.71. The van der Waals surface area contributed by atoms with Crippen molar-refractivity contribution < 1.29 is 23.5 Å². The Labute approximate surface area is 167 Å². The van der Waals surface area contributed by atoms with E-state index in [1.54, 1.807) is 19.1 Å². The summed E-state index contributed by atoms with van der Waals surface area (Å²) in [6, 6.07) is 7.20. The van der Waals surface area contributed by atoms with Gasteiger partial charge in [0.15, 0.2) is 11.5 Å². The molecule has 4 aromatic rings. The lowest BCUT2D eigenvalue weighted by molar-refractivity contribution is 0.0529. The monoisotopic (exact) mass is 414 g/mol. The average Bonchev–Trinajstić information content (AvgIpc) is 3.45. The van der Waals surface area contributed by atoms with Gasteiger partial charge in [-0.25, -0.2) is 14.8 Å². The van der Waals surface area contributed by atoms with Gasteiger partial charge in [-0.1, -0.05) is 6.07 Å². The quantitative estimate of drug-likeness (QED) is 0.337. The lowest BCUT2D eigenvalue weighted by Gasteiger charge is -2.03. The number of hydrogen-bond donors (Lipinski definition) is 1. The molecule has 0 aromatic carbocycles. The number of ether oxygens (including phenoxy) is 1. The molecule has 0 unspecified atom stereocenters. The van der Waals surface area contributed by atoms with Crippen molar-refractivity contribution in [1.82, 2.24) is 4.98 Å². The standard InChI is InChI=1S/C19H14N2O5S2/c1-2-24-19(23)15-11(14-6-4-8-27-14)10-28-17(15)20-9-12-18(22)26-16(21-12)13-5-3-7-25-13/h3-10,22H,2H2,1H3. The van der Waals surface area contributed by atoms with Gasteiger partial charge in [0.25, 0.3) is 5.89 Å². The van der Waals surface area contributed by atoms with Crippen molar-refractivity contribution in [2.24, 2.45) is 4.99 Å². The molecule has 0 aliphatic heterocycles. The number of carbonyl (C=O) groups excluding carboxylic acids is 1. The molecule has 7 nitrogen and oxygen atoms in total. The van der Waals surface area contributed by atoms with Crippen molar-refractivity contribution in [3.8, 4) is 28.0 Å². The molecule has 1 N–H and O–H groups in total. The number of aromatic hydroxyl groups is 1. The first-order chi connectivity index (χ1) is 13.7. The number of thiophene rings is 2. The first kappa shape index (κ1) is 18.2. The van der Waals surface area contributed by atoms with E-state index in [9.17, 15) is 9.90 Å². The van der Waals surface area contributed by atoms with Crippen molar-refractivity contribution in [3.63, 3.8) is 0 Å². The summed E-state index contributed by atoms with van der Waals surface area (Å²) in [5, 5.41) is 14.2. The van der Waals surface area contributed by atoms with Gasteiger partial charge < -0.3 is 18.7 Å². The number of carbonyl (C=O) groups is 1. The van der Waals surface area contributed by atoms with E-state index in [4.69, 9.17) is 13.6 Å². The molecule has 0 bridgehead atoms. The zero-order valence-corrected chi connectivity index (χ0v) is 16.3. The minimum atomic E-state index is -0.444. The molecule has 0 radical (unpaired) electrons. The van der Waals surface area contributed by atoms with Crippen LogP contribution in [0.5, 0.6) is 5.95 Å². The van der Waals surface area contributed by atoms with Crippen LogP contribution in [-0.2, 0) is 4.74 Å². The van der Waals surface area contributed by atoms with E-state index in [-0.39, 0.29) is 24.1 Å².